The molecular weight excluding hydrogens is 262 g/mol. The van der Waals surface area contributed by atoms with Crippen LogP contribution in [0.4, 0.5) is 0 Å². The molecule has 1 aromatic carbocycles. The highest BCUT2D eigenvalue weighted by molar-refractivity contribution is 5.54. The lowest BCUT2D eigenvalue weighted by molar-refractivity contribution is -0.00930. The van der Waals surface area contributed by atoms with E-state index in [1.165, 1.54) is 0 Å². The third-order valence-electron chi connectivity index (χ3n) is 2.84. The molecule has 0 saturated carbocycles. The van der Waals surface area contributed by atoms with Gasteiger partial charge in [-0.1, -0.05) is 0 Å². The van der Waals surface area contributed by atoms with E-state index in [-0.39, 0.29) is 6.04 Å². The summed E-state index contributed by atoms with van der Waals surface area (Å²) in [4.78, 5) is 5.31. The van der Waals surface area contributed by atoms with E-state index in [9.17, 15) is 0 Å². The van der Waals surface area contributed by atoms with Gasteiger partial charge in [0.25, 0.3) is 0 Å². The number of ether oxygens (including phenoxy) is 4. The number of nitrogens with one attached hydrogen (secondary N) is 1. The van der Waals surface area contributed by atoms with Gasteiger partial charge in [0.15, 0.2) is 11.5 Å². The van der Waals surface area contributed by atoms with Gasteiger partial charge in [0.05, 0.1) is 40.6 Å². The Kier molecular flexibility index (Phi) is 7.14. The summed E-state index contributed by atoms with van der Waals surface area (Å²) in [5, 5.41) is 0. The number of methoxy groups -OCH3 is 4. The van der Waals surface area contributed by atoms with Crippen LogP contribution in [0.25, 0.3) is 0 Å². The quantitative estimate of drug-likeness (QED) is 0.553. The van der Waals surface area contributed by atoms with E-state index >= 15 is 0 Å². The summed E-state index contributed by atoms with van der Waals surface area (Å²) in [5.41, 5.74) is 3.91. The largest absolute Gasteiger partial charge is 0.493 e. The van der Waals surface area contributed by atoms with Crippen molar-refractivity contribution in [1.29, 1.82) is 0 Å². The van der Waals surface area contributed by atoms with Crippen molar-refractivity contribution in [3.05, 3.63) is 17.7 Å². The second-order valence-corrected chi connectivity index (χ2v) is 4.14. The number of hydrogen-bond donors (Lipinski definition) is 1. The molecule has 0 bridgehead atoms. The van der Waals surface area contributed by atoms with Gasteiger partial charge in [-0.3, -0.25) is 4.84 Å². The summed E-state index contributed by atoms with van der Waals surface area (Å²) in [6.07, 6.45) is 0. The highest BCUT2D eigenvalue weighted by Gasteiger charge is 2.16. The minimum Gasteiger partial charge on any atom is -0.493 e. The fourth-order valence-electron chi connectivity index (χ4n) is 1.73. The summed E-state index contributed by atoms with van der Waals surface area (Å²) in [7, 11) is 6.39. The normalized spacial score (nSPS) is 12.1. The Morgan fingerprint density at radius 2 is 1.55 bits per heavy atom. The van der Waals surface area contributed by atoms with Crippen LogP contribution >= 0.6 is 0 Å². The van der Waals surface area contributed by atoms with Gasteiger partial charge in [0.1, 0.15) is 0 Å². The van der Waals surface area contributed by atoms with Crippen molar-refractivity contribution in [3.63, 3.8) is 0 Å². The number of hydrogen-bond acceptors (Lipinski definition) is 6. The van der Waals surface area contributed by atoms with E-state index in [1.54, 1.807) is 28.4 Å². The first kappa shape index (κ1) is 16.6. The minimum absolute atomic E-state index is 0.0273. The van der Waals surface area contributed by atoms with Crippen molar-refractivity contribution in [2.45, 2.75) is 13.0 Å². The fourth-order valence-corrected chi connectivity index (χ4v) is 1.73. The van der Waals surface area contributed by atoms with E-state index in [2.05, 4.69) is 5.48 Å². The predicted molar refractivity (Wildman–Crippen MR) is 75.5 cm³/mol. The van der Waals surface area contributed by atoms with E-state index < -0.39 is 0 Å². The van der Waals surface area contributed by atoms with Crippen molar-refractivity contribution >= 4 is 0 Å². The van der Waals surface area contributed by atoms with Gasteiger partial charge < -0.3 is 18.9 Å². The Bertz CT molecular complexity index is 386. The topological polar surface area (TPSA) is 58.2 Å². The highest BCUT2D eigenvalue weighted by Crippen LogP contribution is 2.39. The van der Waals surface area contributed by atoms with Crippen LogP contribution in [0, 0.1) is 0 Å². The lowest BCUT2D eigenvalue weighted by Crippen LogP contribution is -2.21. The van der Waals surface area contributed by atoms with Crippen molar-refractivity contribution < 1.29 is 23.8 Å². The Hall–Kier alpha value is -1.50. The molecule has 1 atom stereocenters. The summed E-state index contributed by atoms with van der Waals surface area (Å²) >= 11 is 0. The molecule has 0 radical (unpaired) electrons. The van der Waals surface area contributed by atoms with Gasteiger partial charge in [-0.2, -0.15) is 5.48 Å². The molecule has 0 aromatic heterocycles. The van der Waals surface area contributed by atoms with Gasteiger partial charge in [-0.05, 0) is 24.6 Å². The smallest absolute Gasteiger partial charge is 0.203 e. The maximum atomic E-state index is 5.32. The lowest BCUT2D eigenvalue weighted by atomic mass is 10.1. The molecule has 0 saturated heterocycles. The second-order valence-electron chi connectivity index (χ2n) is 4.14. The third kappa shape index (κ3) is 4.26. The minimum atomic E-state index is -0.0273. The molecule has 0 fully saturated rings. The van der Waals surface area contributed by atoms with Crippen molar-refractivity contribution in [1.82, 2.24) is 5.48 Å². The SMILES string of the molecule is COCCONC(C)c1cc(OC)c(OC)c(OC)c1. The predicted octanol–water partition coefficient (Wildman–Crippen LogP) is 1.94. The van der Waals surface area contributed by atoms with Gasteiger partial charge in [0.2, 0.25) is 5.75 Å². The van der Waals surface area contributed by atoms with E-state index in [0.717, 1.165) is 5.56 Å². The third-order valence-corrected chi connectivity index (χ3v) is 2.84. The number of benzene rings is 1. The molecule has 1 N–H and O–H groups in total. The first-order chi connectivity index (χ1) is 9.67. The lowest BCUT2D eigenvalue weighted by Gasteiger charge is -2.18. The average Bonchev–Trinajstić information content (AvgIpc) is 2.49. The summed E-state index contributed by atoms with van der Waals surface area (Å²) in [6.45, 7) is 2.99. The van der Waals surface area contributed by atoms with Crippen LogP contribution in [0.15, 0.2) is 12.1 Å². The maximum absolute atomic E-state index is 5.32. The zero-order valence-corrected chi connectivity index (χ0v) is 12.7. The molecule has 6 heteroatoms. The highest BCUT2D eigenvalue weighted by atomic mass is 16.7. The molecule has 0 amide bonds. The summed E-state index contributed by atoms with van der Waals surface area (Å²) in [5.74, 6) is 1.81. The number of rotatable bonds is 9. The second kappa shape index (κ2) is 8.63. The zero-order chi connectivity index (χ0) is 15.0. The molecule has 0 heterocycles. The molecule has 6 nitrogen and oxygen atoms in total. The van der Waals surface area contributed by atoms with Crippen LogP contribution < -0.4 is 19.7 Å². The summed E-state index contributed by atoms with van der Waals surface area (Å²) in [6, 6.07) is 3.75. The Morgan fingerprint density at radius 3 is 2.00 bits per heavy atom. The fraction of sp³-hybridized carbons (Fsp3) is 0.571. The number of hydroxylamine groups is 1. The van der Waals surface area contributed by atoms with Crippen LogP contribution in [0.5, 0.6) is 17.2 Å². The van der Waals surface area contributed by atoms with Gasteiger partial charge in [-0.25, -0.2) is 0 Å². The van der Waals surface area contributed by atoms with Crippen LogP contribution in [0.2, 0.25) is 0 Å². The van der Waals surface area contributed by atoms with Crippen LogP contribution in [0.1, 0.15) is 18.5 Å². The summed E-state index contributed by atoms with van der Waals surface area (Å²) < 4.78 is 20.8. The van der Waals surface area contributed by atoms with Gasteiger partial charge in [-0.15, -0.1) is 0 Å². The van der Waals surface area contributed by atoms with E-state index in [1.807, 2.05) is 19.1 Å². The molecule has 20 heavy (non-hydrogen) atoms. The molecule has 114 valence electrons. The van der Waals surface area contributed by atoms with Crippen LogP contribution in [0.3, 0.4) is 0 Å². The molecule has 1 unspecified atom stereocenters. The molecule has 0 aliphatic heterocycles. The Balaban J connectivity index is 2.83. The Labute approximate surface area is 119 Å². The Morgan fingerprint density at radius 1 is 0.950 bits per heavy atom. The van der Waals surface area contributed by atoms with Crippen molar-refractivity contribution in [2.75, 3.05) is 41.7 Å². The first-order valence-electron chi connectivity index (χ1n) is 6.34. The standard InChI is InChI=1S/C14H23NO5/c1-10(15-20-7-6-16-2)11-8-12(17-3)14(19-5)13(9-11)18-4/h8-10,15H,6-7H2,1-5H3. The monoisotopic (exact) mass is 285 g/mol. The van der Waals surface area contributed by atoms with Gasteiger partial charge >= 0.3 is 0 Å². The van der Waals surface area contributed by atoms with Gasteiger partial charge in [0, 0.05) is 7.11 Å². The first-order valence-corrected chi connectivity index (χ1v) is 6.34. The van der Waals surface area contributed by atoms with Crippen LogP contribution in [-0.4, -0.2) is 41.7 Å². The maximum Gasteiger partial charge on any atom is 0.203 e. The van der Waals surface area contributed by atoms with Crippen molar-refractivity contribution in [3.8, 4) is 17.2 Å². The molecule has 1 aromatic rings. The molecule has 0 aliphatic rings. The molecule has 1 rings (SSSR count). The molecular formula is C14H23NO5. The van der Waals surface area contributed by atoms with Crippen molar-refractivity contribution in [2.24, 2.45) is 0 Å². The van der Waals surface area contributed by atoms with E-state index in [0.29, 0.717) is 30.5 Å². The molecule has 0 spiro atoms. The average molecular weight is 285 g/mol. The zero-order valence-electron chi connectivity index (χ0n) is 12.7. The molecule has 0 aliphatic carbocycles. The van der Waals surface area contributed by atoms with E-state index in [4.69, 9.17) is 23.8 Å². The van der Waals surface area contributed by atoms with Crippen LogP contribution in [-0.2, 0) is 9.57 Å².